The number of rotatable bonds is 5. The van der Waals surface area contributed by atoms with Crippen molar-refractivity contribution < 1.29 is 14.4 Å². The third-order valence-electron chi connectivity index (χ3n) is 2.88. The molecule has 0 spiro atoms. The summed E-state index contributed by atoms with van der Waals surface area (Å²) in [5.41, 5.74) is -0.0483. The van der Waals surface area contributed by atoms with Gasteiger partial charge in [-0.1, -0.05) is 0 Å². The fourth-order valence-corrected chi connectivity index (χ4v) is 1.88. The predicted octanol–water partition coefficient (Wildman–Crippen LogP) is 3.05. The molecule has 0 saturated heterocycles. The zero-order valence-corrected chi connectivity index (χ0v) is 13.6. The van der Waals surface area contributed by atoms with Gasteiger partial charge < -0.3 is 14.0 Å². The van der Waals surface area contributed by atoms with E-state index in [1.165, 1.54) is 25.3 Å². The van der Waals surface area contributed by atoms with Gasteiger partial charge in [0.1, 0.15) is 5.82 Å². The highest BCUT2D eigenvalue weighted by Gasteiger charge is 2.17. The molecule has 0 amide bonds. The molecule has 1 aromatic heterocycles. The smallest absolute Gasteiger partial charge is 0.273 e. The van der Waals surface area contributed by atoms with Gasteiger partial charge in [0.05, 0.1) is 18.1 Å². The Labute approximate surface area is 132 Å². The number of methoxy groups -OCH3 is 1. The van der Waals surface area contributed by atoms with Crippen molar-refractivity contribution in [2.75, 3.05) is 7.11 Å². The molecule has 0 bridgehead atoms. The van der Waals surface area contributed by atoms with E-state index in [0.29, 0.717) is 11.5 Å². The second kappa shape index (κ2) is 7.07. The lowest BCUT2D eigenvalue weighted by Gasteiger charge is -2.16. The van der Waals surface area contributed by atoms with E-state index in [4.69, 9.17) is 9.47 Å². The maximum Gasteiger partial charge on any atom is 0.273 e. The zero-order valence-electron chi connectivity index (χ0n) is 11.8. The molecule has 1 atom stereocenters. The summed E-state index contributed by atoms with van der Waals surface area (Å²) in [6.45, 7) is 1.82. The van der Waals surface area contributed by atoms with Crippen LogP contribution in [0.3, 0.4) is 0 Å². The number of benzene rings is 1. The molecule has 0 fully saturated rings. The minimum atomic E-state index is -0.474. The van der Waals surface area contributed by atoms with Crippen molar-refractivity contribution in [3.8, 4) is 11.5 Å². The van der Waals surface area contributed by atoms with Crippen molar-refractivity contribution in [2.24, 2.45) is 7.05 Å². The Kier molecular flexibility index (Phi) is 5.71. The van der Waals surface area contributed by atoms with Crippen molar-refractivity contribution in [1.29, 1.82) is 0 Å². The highest BCUT2D eigenvalue weighted by molar-refractivity contribution is 8.93. The lowest BCUT2D eigenvalue weighted by atomic mass is 10.2. The molecule has 2 aromatic rings. The van der Waals surface area contributed by atoms with Gasteiger partial charge in [-0.15, -0.1) is 17.0 Å². The van der Waals surface area contributed by atoms with Gasteiger partial charge in [0, 0.05) is 25.5 Å². The maximum atomic E-state index is 10.8. The van der Waals surface area contributed by atoms with Crippen molar-refractivity contribution in [1.82, 2.24) is 9.55 Å². The van der Waals surface area contributed by atoms with E-state index >= 15 is 0 Å². The highest BCUT2D eigenvalue weighted by atomic mass is 79.9. The topological polar surface area (TPSA) is 79.4 Å². The van der Waals surface area contributed by atoms with Crippen LogP contribution in [-0.4, -0.2) is 21.6 Å². The van der Waals surface area contributed by atoms with Crippen LogP contribution in [0.4, 0.5) is 5.69 Å². The summed E-state index contributed by atoms with van der Waals surface area (Å²) in [5, 5.41) is 10.8. The van der Waals surface area contributed by atoms with Crippen LogP contribution in [0.2, 0.25) is 0 Å². The van der Waals surface area contributed by atoms with Gasteiger partial charge in [0.25, 0.3) is 5.69 Å². The quantitative estimate of drug-likeness (QED) is 0.606. The Morgan fingerprint density at radius 3 is 2.62 bits per heavy atom. The van der Waals surface area contributed by atoms with E-state index in [9.17, 15) is 10.1 Å². The predicted molar refractivity (Wildman–Crippen MR) is 82.2 cm³/mol. The maximum absolute atomic E-state index is 10.8. The second-order valence-electron chi connectivity index (χ2n) is 4.25. The van der Waals surface area contributed by atoms with Crippen molar-refractivity contribution >= 4 is 22.7 Å². The number of aryl methyl sites for hydroxylation is 1. The van der Waals surface area contributed by atoms with Crippen LogP contribution in [0.1, 0.15) is 18.9 Å². The molecule has 114 valence electrons. The Balaban J connectivity index is 0.00000220. The van der Waals surface area contributed by atoms with Crippen LogP contribution < -0.4 is 9.47 Å². The fraction of sp³-hybridized carbons (Fsp3) is 0.308. The number of ether oxygens (including phenoxy) is 2. The van der Waals surface area contributed by atoms with Gasteiger partial charge in [-0.25, -0.2) is 4.98 Å². The van der Waals surface area contributed by atoms with Crippen LogP contribution >= 0.6 is 17.0 Å². The minimum Gasteiger partial charge on any atom is -0.493 e. The molecule has 1 heterocycles. The van der Waals surface area contributed by atoms with Gasteiger partial charge in [-0.3, -0.25) is 10.1 Å². The molecular formula is C13H16BrN3O4. The molecule has 1 aromatic carbocycles. The van der Waals surface area contributed by atoms with Crippen molar-refractivity contribution in [3.63, 3.8) is 0 Å². The number of halogens is 1. The van der Waals surface area contributed by atoms with Crippen LogP contribution in [0.25, 0.3) is 0 Å². The van der Waals surface area contributed by atoms with Crippen LogP contribution in [0.15, 0.2) is 30.6 Å². The number of aromatic nitrogens is 2. The van der Waals surface area contributed by atoms with Crippen molar-refractivity contribution in [3.05, 3.63) is 46.5 Å². The summed E-state index contributed by atoms with van der Waals surface area (Å²) in [6.07, 6.45) is 3.12. The van der Waals surface area contributed by atoms with Gasteiger partial charge >= 0.3 is 0 Å². The molecular weight excluding hydrogens is 342 g/mol. The van der Waals surface area contributed by atoms with Gasteiger partial charge in [0.15, 0.2) is 17.6 Å². The molecule has 1 unspecified atom stereocenters. The number of nitro groups is 1. The highest BCUT2D eigenvalue weighted by Crippen LogP contribution is 2.34. The van der Waals surface area contributed by atoms with Gasteiger partial charge in [-0.05, 0) is 13.0 Å². The Morgan fingerprint density at radius 1 is 1.38 bits per heavy atom. The van der Waals surface area contributed by atoms with E-state index < -0.39 is 4.92 Å². The second-order valence-corrected chi connectivity index (χ2v) is 4.25. The molecule has 0 aliphatic rings. The lowest BCUT2D eigenvalue weighted by molar-refractivity contribution is -0.385. The standard InChI is InChI=1S/C13H15N3O4.BrH/c1-9(13-14-6-7-15(13)2)20-12-8-10(16(17)18)4-5-11(12)19-3;/h4-9H,1-3H3;1H. The van der Waals surface area contributed by atoms with E-state index in [-0.39, 0.29) is 28.8 Å². The molecule has 0 aliphatic carbocycles. The van der Waals surface area contributed by atoms with Crippen LogP contribution in [-0.2, 0) is 7.05 Å². The Morgan fingerprint density at radius 2 is 2.10 bits per heavy atom. The van der Waals surface area contributed by atoms with Crippen LogP contribution in [0.5, 0.6) is 11.5 Å². The molecule has 0 aliphatic heterocycles. The van der Waals surface area contributed by atoms with Gasteiger partial charge in [0.2, 0.25) is 0 Å². The SMILES string of the molecule is Br.COc1ccc([N+](=O)[O-])cc1OC(C)c1nccn1C. The summed E-state index contributed by atoms with van der Waals surface area (Å²) < 4.78 is 12.7. The number of imidazole rings is 1. The summed E-state index contributed by atoms with van der Waals surface area (Å²) >= 11 is 0. The van der Waals surface area contributed by atoms with E-state index in [1.807, 2.05) is 18.5 Å². The molecule has 0 radical (unpaired) electrons. The summed E-state index contributed by atoms with van der Waals surface area (Å²) in [6, 6.07) is 4.23. The first-order valence-corrected chi connectivity index (χ1v) is 5.99. The Hall–Kier alpha value is -2.09. The molecule has 7 nitrogen and oxygen atoms in total. The molecule has 0 saturated carbocycles. The third-order valence-corrected chi connectivity index (χ3v) is 2.88. The molecule has 8 heteroatoms. The average molecular weight is 358 g/mol. The monoisotopic (exact) mass is 357 g/mol. The fourth-order valence-electron chi connectivity index (χ4n) is 1.88. The minimum absolute atomic E-state index is 0. The van der Waals surface area contributed by atoms with Crippen molar-refractivity contribution in [2.45, 2.75) is 13.0 Å². The largest absolute Gasteiger partial charge is 0.493 e. The Bertz CT molecular complexity index is 630. The van der Waals surface area contributed by atoms with Crippen LogP contribution in [0, 0.1) is 10.1 Å². The third kappa shape index (κ3) is 3.72. The normalized spacial score (nSPS) is 11.4. The van der Waals surface area contributed by atoms with E-state index in [0.717, 1.165) is 5.82 Å². The summed E-state index contributed by atoms with van der Waals surface area (Å²) in [7, 11) is 3.34. The number of nitro benzene ring substituents is 1. The lowest BCUT2D eigenvalue weighted by Crippen LogP contribution is -2.10. The molecule has 21 heavy (non-hydrogen) atoms. The number of hydrogen-bond donors (Lipinski definition) is 0. The first kappa shape index (κ1) is 17.0. The van der Waals surface area contributed by atoms with E-state index in [1.54, 1.807) is 12.4 Å². The zero-order chi connectivity index (χ0) is 14.7. The molecule has 2 rings (SSSR count). The summed E-state index contributed by atoms with van der Waals surface area (Å²) in [5.74, 6) is 1.48. The van der Waals surface area contributed by atoms with E-state index in [2.05, 4.69) is 4.98 Å². The van der Waals surface area contributed by atoms with Gasteiger partial charge in [-0.2, -0.15) is 0 Å². The number of non-ortho nitro benzene ring substituents is 1. The average Bonchev–Trinajstić information content (AvgIpc) is 2.84. The first-order valence-electron chi connectivity index (χ1n) is 5.99. The summed E-state index contributed by atoms with van der Waals surface area (Å²) in [4.78, 5) is 14.5. The number of nitrogens with zero attached hydrogens (tertiary/aromatic N) is 3. The molecule has 0 N–H and O–H groups in total. The first-order chi connectivity index (χ1) is 9.52. The number of hydrogen-bond acceptors (Lipinski definition) is 5.